The van der Waals surface area contributed by atoms with E-state index in [1.165, 1.54) is 12.2 Å². The van der Waals surface area contributed by atoms with Crippen molar-refractivity contribution in [3.8, 4) is 0 Å². The van der Waals surface area contributed by atoms with Gasteiger partial charge >= 0.3 is 5.70 Å². The van der Waals surface area contributed by atoms with Gasteiger partial charge in [-0.1, -0.05) is 36.4 Å². The first-order chi connectivity index (χ1) is 9.52. The van der Waals surface area contributed by atoms with Crippen molar-refractivity contribution in [2.75, 3.05) is 7.11 Å². The van der Waals surface area contributed by atoms with E-state index in [2.05, 4.69) is 0 Å². The number of aldehydes is 1. The van der Waals surface area contributed by atoms with Crippen LogP contribution in [0.15, 0.2) is 48.2 Å². The molecule has 2 unspecified atom stereocenters. The summed E-state index contributed by atoms with van der Waals surface area (Å²) in [5.74, 6) is -3.39. The maximum absolute atomic E-state index is 11.1. The van der Waals surface area contributed by atoms with E-state index in [0.29, 0.717) is 11.9 Å². The summed E-state index contributed by atoms with van der Waals surface area (Å²) in [5, 5.41) is 21.3. The Kier molecular flexibility index (Phi) is 3.78. The van der Waals surface area contributed by atoms with Gasteiger partial charge in [0.25, 0.3) is 5.79 Å². The van der Waals surface area contributed by atoms with Crippen LogP contribution in [0.3, 0.4) is 0 Å². The Bertz CT molecular complexity index is 593. The predicted octanol–water partition coefficient (Wildman–Crippen LogP) is 1.39. The van der Waals surface area contributed by atoms with Crippen LogP contribution in [-0.2, 0) is 9.53 Å². The Morgan fingerprint density at radius 3 is 2.55 bits per heavy atom. The predicted molar refractivity (Wildman–Crippen MR) is 71.0 cm³/mol. The first-order valence-corrected chi connectivity index (χ1v) is 5.89. The number of nitrogens with zero attached hydrogens (tertiary/aromatic N) is 1. The SMILES string of the molecule is COC1(O)C([N+](=O)[O-])=CC(c2ccccc2)=CC1C=O. The lowest BCUT2D eigenvalue weighted by molar-refractivity contribution is -0.464. The molecule has 1 aromatic rings. The van der Waals surface area contributed by atoms with Crippen molar-refractivity contribution < 1.29 is 19.6 Å². The van der Waals surface area contributed by atoms with E-state index < -0.39 is 22.3 Å². The van der Waals surface area contributed by atoms with E-state index in [-0.39, 0.29) is 0 Å². The molecule has 0 spiro atoms. The third kappa shape index (κ3) is 2.26. The highest BCUT2D eigenvalue weighted by molar-refractivity contribution is 5.80. The third-order valence-electron chi connectivity index (χ3n) is 3.23. The lowest BCUT2D eigenvalue weighted by Gasteiger charge is -2.30. The van der Waals surface area contributed by atoms with Gasteiger partial charge in [0.15, 0.2) is 0 Å². The topological polar surface area (TPSA) is 89.7 Å². The second kappa shape index (κ2) is 5.36. The van der Waals surface area contributed by atoms with Crippen molar-refractivity contribution >= 4 is 11.9 Å². The molecule has 2 atom stereocenters. The Balaban J connectivity index is 2.57. The number of methoxy groups -OCH3 is 1. The fourth-order valence-electron chi connectivity index (χ4n) is 2.14. The number of nitro groups is 1. The quantitative estimate of drug-likeness (QED) is 0.388. The molecule has 6 heteroatoms. The fourth-order valence-corrected chi connectivity index (χ4v) is 2.14. The Labute approximate surface area is 115 Å². The van der Waals surface area contributed by atoms with E-state index in [1.54, 1.807) is 24.3 Å². The standard InChI is InChI=1S/C14H13NO5/c1-20-14(17)12(9-16)7-11(8-13(14)15(18)19)10-5-3-2-4-6-10/h2-9,12,17H,1H3. The van der Waals surface area contributed by atoms with E-state index in [4.69, 9.17) is 4.74 Å². The van der Waals surface area contributed by atoms with Crippen LogP contribution in [0.25, 0.3) is 5.57 Å². The summed E-state index contributed by atoms with van der Waals surface area (Å²) in [7, 11) is 1.12. The van der Waals surface area contributed by atoms with Gasteiger partial charge in [-0.2, -0.15) is 0 Å². The first kappa shape index (κ1) is 14.1. The zero-order chi connectivity index (χ0) is 14.8. The van der Waals surface area contributed by atoms with Crippen LogP contribution >= 0.6 is 0 Å². The number of hydrogen-bond acceptors (Lipinski definition) is 5. The van der Waals surface area contributed by atoms with Gasteiger partial charge in [-0.15, -0.1) is 0 Å². The highest BCUT2D eigenvalue weighted by atomic mass is 16.7. The number of rotatable bonds is 4. The second-order valence-corrected chi connectivity index (χ2v) is 4.34. The third-order valence-corrected chi connectivity index (χ3v) is 3.23. The van der Waals surface area contributed by atoms with Crippen LogP contribution in [0.2, 0.25) is 0 Å². The minimum absolute atomic E-state index is 0.433. The minimum Gasteiger partial charge on any atom is -0.356 e. The normalized spacial score (nSPS) is 25.6. The van der Waals surface area contributed by atoms with E-state index >= 15 is 0 Å². The summed E-state index contributed by atoms with van der Waals surface area (Å²) in [6, 6.07) is 8.90. The van der Waals surface area contributed by atoms with E-state index in [9.17, 15) is 20.0 Å². The second-order valence-electron chi connectivity index (χ2n) is 4.34. The van der Waals surface area contributed by atoms with Crippen molar-refractivity contribution in [3.63, 3.8) is 0 Å². The van der Waals surface area contributed by atoms with Crippen molar-refractivity contribution in [1.29, 1.82) is 0 Å². The highest BCUT2D eigenvalue weighted by Crippen LogP contribution is 2.36. The Morgan fingerprint density at radius 1 is 1.40 bits per heavy atom. The maximum atomic E-state index is 11.1. The molecular formula is C14H13NO5. The molecule has 2 rings (SSSR count). The molecule has 1 aromatic carbocycles. The zero-order valence-electron chi connectivity index (χ0n) is 10.7. The summed E-state index contributed by atoms with van der Waals surface area (Å²) < 4.78 is 4.81. The molecule has 0 saturated heterocycles. The zero-order valence-corrected chi connectivity index (χ0v) is 10.7. The van der Waals surface area contributed by atoms with Crippen molar-refractivity contribution in [1.82, 2.24) is 0 Å². The van der Waals surface area contributed by atoms with Crippen LogP contribution < -0.4 is 0 Å². The minimum atomic E-state index is -2.25. The number of carbonyl (C=O) groups is 1. The van der Waals surface area contributed by atoms with Crippen molar-refractivity contribution in [2.45, 2.75) is 5.79 Å². The first-order valence-electron chi connectivity index (χ1n) is 5.89. The molecular weight excluding hydrogens is 262 g/mol. The van der Waals surface area contributed by atoms with Crippen molar-refractivity contribution in [3.05, 3.63) is 63.9 Å². The van der Waals surface area contributed by atoms with Crippen LogP contribution in [-0.4, -0.2) is 29.2 Å². The van der Waals surface area contributed by atoms with Gasteiger partial charge in [0.1, 0.15) is 6.29 Å². The number of hydrogen-bond donors (Lipinski definition) is 1. The molecule has 1 aliphatic rings. The largest absolute Gasteiger partial charge is 0.356 e. The number of aliphatic hydroxyl groups is 1. The molecule has 0 fully saturated rings. The van der Waals surface area contributed by atoms with Gasteiger partial charge in [-0.3, -0.25) is 10.1 Å². The van der Waals surface area contributed by atoms with Gasteiger partial charge in [-0.05, 0) is 11.1 Å². The smallest absolute Gasteiger partial charge is 0.306 e. The highest BCUT2D eigenvalue weighted by Gasteiger charge is 2.50. The maximum Gasteiger partial charge on any atom is 0.306 e. The average molecular weight is 275 g/mol. The number of ether oxygens (including phenoxy) is 1. The monoisotopic (exact) mass is 275 g/mol. The average Bonchev–Trinajstić information content (AvgIpc) is 2.47. The van der Waals surface area contributed by atoms with Gasteiger partial charge in [-0.25, -0.2) is 0 Å². The van der Waals surface area contributed by atoms with Gasteiger partial charge in [0, 0.05) is 13.2 Å². The fraction of sp³-hybridized carbons (Fsp3) is 0.214. The van der Waals surface area contributed by atoms with Crippen LogP contribution in [0.4, 0.5) is 0 Å². The van der Waals surface area contributed by atoms with E-state index in [0.717, 1.165) is 12.7 Å². The lowest BCUT2D eigenvalue weighted by Crippen LogP contribution is -2.46. The Hall–Kier alpha value is -2.31. The van der Waals surface area contributed by atoms with Gasteiger partial charge in [0.05, 0.1) is 10.8 Å². The lowest BCUT2D eigenvalue weighted by atomic mass is 9.86. The summed E-state index contributed by atoms with van der Waals surface area (Å²) in [5.41, 5.74) is 0.659. The summed E-state index contributed by atoms with van der Waals surface area (Å²) in [6.07, 6.45) is 3.11. The summed E-state index contributed by atoms with van der Waals surface area (Å²) >= 11 is 0. The Morgan fingerprint density at radius 2 is 2.05 bits per heavy atom. The summed E-state index contributed by atoms with van der Waals surface area (Å²) in [6.45, 7) is 0. The molecule has 1 aliphatic carbocycles. The molecule has 1 N–H and O–H groups in total. The summed E-state index contributed by atoms with van der Waals surface area (Å²) in [4.78, 5) is 21.5. The van der Waals surface area contributed by atoms with Gasteiger partial charge < -0.3 is 14.6 Å². The van der Waals surface area contributed by atoms with E-state index in [1.807, 2.05) is 6.07 Å². The molecule has 0 amide bonds. The number of allylic oxidation sites excluding steroid dienone is 2. The number of carbonyl (C=O) groups excluding carboxylic acids is 1. The molecule has 104 valence electrons. The molecule has 0 radical (unpaired) electrons. The molecule has 0 heterocycles. The molecule has 0 aliphatic heterocycles. The molecule has 0 saturated carbocycles. The van der Waals surface area contributed by atoms with Crippen LogP contribution in [0.5, 0.6) is 0 Å². The number of benzene rings is 1. The molecule has 20 heavy (non-hydrogen) atoms. The van der Waals surface area contributed by atoms with Crippen LogP contribution in [0, 0.1) is 16.0 Å². The molecule has 0 aromatic heterocycles. The van der Waals surface area contributed by atoms with Crippen molar-refractivity contribution in [2.24, 2.45) is 5.92 Å². The van der Waals surface area contributed by atoms with Crippen LogP contribution in [0.1, 0.15) is 5.56 Å². The van der Waals surface area contributed by atoms with Gasteiger partial charge in [0.2, 0.25) is 0 Å². The molecule has 6 nitrogen and oxygen atoms in total. The molecule has 0 bridgehead atoms.